The number of hydrogen-bond donors (Lipinski definition) is 0. The van der Waals surface area contributed by atoms with Crippen LogP contribution in [0.25, 0.3) is 0 Å². The zero-order chi connectivity index (χ0) is 10.5. The number of nitrogens with zero attached hydrogens (tertiary/aromatic N) is 1. The Bertz CT molecular complexity index is 315. The molecule has 0 aromatic heterocycles. The summed E-state index contributed by atoms with van der Waals surface area (Å²) in [7, 11) is -4.26. The molecule has 0 N–H and O–H groups in total. The second-order valence-corrected chi connectivity index (χ2v) is 7.12. The molecule has 0 aliphatic carbocycles. The van der Waals surface area contributed by atoms with Gasteiger partial charge >= 0.3 is 0 Å². The van der Waals surface area contributed by atoms with Crippen LogP contribution in [0.1, 0.15) is 13.3 Å². The largest absolute Gasteiger partial charge is 0.259 e. The van der Waals surface area contributed by atoms with Gasteiger partial charge in [-0.25, -0.2) is 8.42 Å². The Balaban J connectivity index is 3.97. The highest BCUT2D eigenvalue weighted by Crippen LogP contribution is 2.01. The molecule has 0 rings (SSSR count). The zero-order valence-corrected chi connectivity index (χ0v) is 9.32. The van der Waals surface area contributed by atoms with E-state index in [1.54, 1.807) is 6.92 Å². The average molecular weight is 223 g/mol. The van der Waals surface area contributed by atoms with Crippen molar-refractivity contribution in [2.24, 2.45) is 0 Å². The SMILES string of the molecule is CC(CC#N)S(=O)CCS(C)(=O)=O. The predicted octanol–water partition coefficient (Wildman–Crippen LogP) is 0.0819. The molecule has 0 fully saturated rings. The van der Waals surface area contributed by atoms with Gasteiger partial charge in [0.05, 0.1) is 11.8 Å². The molecule has 2 atom stereocenters. The first-order valence-electron chi connectivity index (χ1n) is 3.78. The first kappa shape index (κ1) is 12.6. The molecule has 0 aliphatic heterocycles. The van der Waals surface area contributed by atoms with Gasteiger partial charge in [0.2, 0.25) is 0 Å². The van der Waals surface area contributed by atoms with Crippen molar-refractivity contribution >= 4 is 20.6 Å². The van der Waals surface area contributed by atoms with Gasteiger partial charge < -0.3 is 0 Å². The smallest absolute Gasteiger partial charge is 0.148 e. The van der Waals surface area contributed by atoms with E-state index < -0.39 is 20.6 Å². The first-order chi connectivity index (χ1) is 5.87. The van der Waals surface area contributed by atoms with Crippen LogP contribution < -0.4 is 0 Å². The summed E-state index contributed by atoms with van der Waals surface area (Å²) in [6, 6.07) is 1.90. The van der Waals surface area contributed by atoms with E-state index in [9.17, 15) is 12.6 Å². The third-order valence-corrected chi connectivity index (χ3v) is 4.36. The van der Waals surface area contributed by atoms with Crippen LogP contribution in [0.2, 0.25) is 0 Å². The molecule has 0 aromatic rings. The molecule has 13 heavy (non-hydrogen) atoms. The van der Waals surface area contributed by atoms with E-state index in [0.717, 1.165) is 6.26 Å². The Morgan fingerprint density at radius 3 is 2.46 bits per heavy atom. The number of hydrogen-bond acceptors (Lipinski definition) is 4. The zero-order valence-electron chi connectivity index (χ0n) is 7.69. The molecule has 0 amide bonds. The van der Waals surface area contributed by atoms with Crippen LogP contribution in [0.5, 0.6) is 0 Å². The van der Waals surface area contributed by atoms with Gasteiger partial charge in [0.15, 0.2) is 0 Å². The summed E-state index contributed by atoms with van der Waals surface area (Å²) in [6.07, 6.45) is 1.32. The van der Waals surface area contributed by atoms with Gasteiger partial charge in [0.25, 0.3) is 0 Å². The van der Waals surface area contributed by atoms with Crippen LogP contribution in [0, 0.1) is 11.3 Å². The Labute approximate surface area is 81.3 Å². The average Bonchev–Trinajstić information content (AvgIpc) is 1.99. The molecule has 0 saturated carbocycles. The van der Waals surface area contributed by atoms with E-state index in [4.69, 9.17) is 5.26 Å². The molecule has 0 radical (unpaired) electrons. The summed E-state index contributed by atoms with van der Waals surface area (Å²) in [5.41, 5.74) is 0. The highest BCUT2D eigenvalue weighted by molar-refractivity contribution is 7.92. The topological polar surface area (TPSA) is 75.0 Å². The van der Waals surface area contributed by atoms with Crippen molar-refractivity contribution < 1.29 is 12.6 Å². The number of sulfone groups is 1. The summed E-state index contributed by atoms with van der Waals surface area (Å²) in [6.45, 7) is 1.68. The maximum atomic E-state index is 11.3. The lowest BCUT2D eigenvalue weighted by Gasteiger charge is -2.05. The summed E-state index contributed by atoms with van der Waals surface area (Å²) in [5, 5.41) is 8.07. The summed E-state index contributed by atoms with van der Waals surface area (Å²) in [5.74, 6) is 0.0526. The van der Waals surface area contributed by atoms with Crippen molar-refractivity contribution in [3.63, 3.8) is 0 Å². The van der Waals surface area contributed by atoms with Crippen LogP contribution in [0.4, 0.5) is 0 Å². The lowest BCUT2D eigenvalue weighted by atomic mass is 10.4. The fourth-order valence-electron chi connectivity index (χ4n) is 0.656. The Morgan fingerprint density at radius 2 is 2.08 bits per heavy atom. The monoisotopic (exact) mass is 223 g/mol. The number of nitriles is 1. The lowest BCUT2D eigenvalue weighted by Crippen LogP contribution is -2.19. The van der Waals surface area contributed by atoms with Gasteiger partial charge in [-0.3, -0.25) is 4.21 Å². The molecule has 0 saturated heterocycles. The molecular weight excluding hydrogens is 210 g/mol. The summed E-state index contributed by atoms with van der Waals surface area (Å²) in [4.78, 5) is 0. The van der Waals surface area contributed by atoms with Gasteiger partial charge in [-0.15, -0.1) is 0 Å². The van der Waals surface area contributed by atoms with E-state index in [0.29, 0.717) is 0 Å². The maximum Gasteiger partial charge on any atom is 0.148 e. The van der Waals surface area contributed by atoms with Crippen molar-refractivity contribution in [1.82, 2.24) is 0 Å². The van der Waals surface area contributed by atoms with Crippen molar-refractivity contribution in [3.8, 4) is 6.07 Å². The lowest BCUT2D eigenvalue weighted by molar-refractivity contribution is 0.602. The number of rotatable bonds is 5. The summed E-state index contributed by atoms with van der Waals surface area (Å²) < 4.78 is 32.7. The minimum atomic E-state index is -3.04. The third-order valence-electron chi connectivity index (χ3n) is 1.48. The molecule has 0 bridgehead atoms. The van der Waals surface area contributed by atoms with Crippen LogP contribution in [-0.2, 0) is 20.6 Å². The van der Waals surface area contributed by atoms with Gasteiger partial charge in [-0.2, -0.15) is 5.26 Å². The van der Waals surface area contributed by atoms with Crippen molar-refractivity contribution in [1.29, 1.82) is 5.26 Å². The maximum absolute atomic E-state index is 11.3. The van der Waals surface area contributed by atoms with E-state index in [-0.39, 0.29) is 23.2 Å². The fraction of sp³-hybridized carbons (Fsp3) is 0.857. The normalized spacial score (nSPS) is 16.1. The van der Waals surface area contributed by atoms with Crippen LogP contribution in [-0.4, -0.2) is 35.6 Å². The third kappa shape index (κ3) is 6.72. The molecule has 0 spiro atoms. The Hall–Kier alpha value is -0.410. The van der Waals surface area contributed by atoms with E-state index >= 15 is 0 Å². The summed E-state index contributed by atoms with van der Waals surface area (Å²) >= 11 is 0. The minimum Gasteiger partial charge on any atom is -0.259 e. The predicted molar refractivity (Wildman–Crippen MR) is 52.4 cm³/mol. The fourth-order valence-corrected chi connectivity index (χ4v) is 3.19. The molecule has 2 unspecified atom stereocenters. The Kier molecular flexibility index (Phi) is 5.18. The second-order valence-electron chi connectivity index (χ2n) is 2.89. The van der Waals surface area contributed by atoms with Gasteiger partial charge in [-0.05, 0) is 6.92 Å². The van der Waals surface area contributed by atoms with Gasteiger partial charge in [0, 0.05) is 34.5 Å². The first-order valence-corrected chi connectivity index (χ1v) is 7.23. The van der Waals surface area contributed by atoms with Crippen LogP contribution >= 0.6 is 0 Å². The molecular formula is C7H13NO3S2. The molecule has 76 valence electrons. The quantitative estimate of drug-likeness (QED) is 0.661. The second kappa shape index (κ2) is 5.35. The molecule has 0 aliphatic rings. The van der Waals surface area contributed by atoms with Gasteiger partial charge in [0.1, 0.15) is 9.84 Å². The van der Waals surface area contributed by atoms with Crippen molar-refractivity contribution in [2.45, 2.75) is 18.6 Å². The molecule has 6 heteroatoms. The van der Waals surface area contributed by atoms with E-state index in [2.05, 4.69) is 0 Å². The highest BCUT2D eigenvalue weighted by atomic mass is 32.2. The van der Waals surface area contributed by atoms with Crippen molar-refractivity contribution in [2.75, 3.05) is 17.8 Å². The molecule has 4 nitrogen and oxygen atoms in total. The van der Waals surface area contributed by atoms with Gasteiger partial charge in [-0.1, -0.05) is 0 Å². The standard InChI is InChI=1S/C7H13NO3S2/c1-7(3-4-8)12(9)5-6-13(2,10)11/h7H,3,5-6H2,1-2H3. The molecule has 0 heterocycles. The van der Waals surface area contributed by atoms with Crippen LogP contribution in [0.15, 0.2) is 0 Å². The highest BCUT2D eigenvalue weighted by Gasteiger charge is 2.12. The van der Waals surface area contributed by atoms with E-state index in [1.165, 1.54) is 0 Å². The van der Waals surface area contributed by atoms with E-state index in [1.807, 2.05) is 6.07 Å². The van der Waals surface area contributed by atoms with Crippen molar-refractivity contribution in [3.05, 3.63) is 0 Å². The molecule has 0 aromatic carbocycles. The Morgan fingerprint density at radius 1 is 1.54 bits per heavy atom. The van der Waals surface area contributed by atoms with Crippen LogP contribution in [0.3, 0.4) is 0 Å². The minimum absolute atomic E-state index is 0.0740.